The molecule has 3 aromatic carbocycles. The van der Waals surface area contributed by atoms with Gasteiger partial charge in [0, 0.05) is 11.1 Å². The van der Waals surface area contributed by atoms with Gasteiger partial charge in [-0.1, -0.05) is 36.1 Å². The van der Waals surface area contributed by atoms with E-state index in [0.29, 0.717) is 0 Å². The first-order valence-electron chi connectivity index (χ1n) is 8.54. The van der Waals surface area contributed by atoms with Crippen LogP contribution in [0.4, 0.5) is 0 Å². The second-order valence-corrected chi connectivity index (χ2v) is 5.52. The van der Waals surface area contributed by atoms with Crippen LogP contribution in [-0.2, 0) is 42.1 Å². The van der Waals surface area contributed by atoms with Crippen molar-refractivity contribution in [2.24, 2.45) is 0 Å². The quantitative estimate of drug-likeness (QED) is 0.229. The van der Waals surface area contributed by atoms with Crippen LogP contribution in [0.2, 0.25) is 0 Å². The summed E-state index contributed by atoms with van der Waals surface area (Å²) in [6, 6.07) is 21.1. The molecule has 0 aliphatic heterocycles. The molecule has 0 aromatic heterocycles. The number of terminal acetylenes is 2. The van der Waals surface area contributed by atoms with E-state index in [1.54, 1.807) is 72.8 Å². The molecule has 3 aromatic rings. The number of benzene rings is 3. The van der Waals surface area contributed by atoms with Crippen LogP contribution in [0.15, 0.2) is 72.8 Å². The normalized spacial score (nSPS) is 7.31. The summed E-state index contributed by atoms with van der Waals surface area (Å²) in [5, 5.41) is 0. The average molecular weight is 765 g/mol. The topological polar surface area (TPSA) is 0 Å². The molecule has 0 aliphatic rings. The van der Waals surface area contributed by atoms with Crippen molar-refractivity contribution in [2.75, 3.05) is 0 Å². The summed E-state index contributed by atoms with van der Waals surface area (Å²) in [7, 11) is 0. The first-order chi connectivity index (χ1) is 14.6. The van der Waals surface area contributed by atoms with Gasteiger partial charge >= 0.3 is 42.1 Å². The Labute approximate surface area is 221 Å². The summed E-state index contributed by atoms with van der Waals surface area (Å²) in [6.07, 6.45) is 37.3. The van der Waals surface area contributed by atoms with E-state index in [1.165, 1.54) is 0 Å². The fourth-order valence-corrected chi connectivity index (χ4v) is 1.94. The van der Waals surface area contributed by atoms with Crippen LogP contribution < -0.4 is 0 Å². The summed E-state index contributed by atoms with van der Waals surface area (Å²) >= 11 is 0. The van der Waals surface area contributed by atoms with Gasteiger partial charge in [0.2, 0.25) is 0 Å². The van der Waals surface area contributed by atoms with Gasteiger partial charge in [0.05, 0.1) is 0 Å². The van der Waals surface area contributed by atoms with Gasteiger partial charge in [-0.05, 0) is 0 Å². The van der Waals surface area contributed by atoms with E-state index >= 15 is 0 Å². The third-order valence-corrected chi connectivity index (χ3v) is 3.57. The second-order valence-electron chi connectivity index (χ2n) is 5.52. The van der Waals surface area contributed by atoms with E-state index in [1.807, 2.05) is 0 Å². The van der Waals surface area contributed by atoms with Gasteiger partial charge < -0.3 is 25.7 Å². The molecule has 2 heteroatoms. The van der Waals surface area contributed by atoms with Gasteiger partial charge in [-0.15, -0.1) is 83.6 Å². The van der Waals surface area contributed by atoms with E-state index in [-0.39, 0.29) is 42.1 Å². The number of hydrogen-bond donors (Lipinski definition) is 0. The van der Waals surface area contributed by atoms with Crippen molar-refractivity contribution < 1.29 is 42.1 Å². The minimum Gasteiger partial charge on any atom is -0.366 e. The molecule has 154 valence electrons. The van der Waals surface area contributed by atoms with Gasteiger partial charge in [-0.3, -0.25) is 23.7 Å². The minimum atomic E-state index is 0. The molecule has 0 N–H and O–H groups in total. The van der Waals surface area contributed by atoms with Crippen molar-refractivity contribution in [3.63, 3.8) is 0 Å². The fourth-order valence-electron chi connectivity index (χ4n) is 1.94. The number of rotatable bonds is 0. The first-order valence-corrected chi connectivity index (χ1v) is 8.54. The van der Waals surface area contributed by atoms with E-state index < -0.39 is 0 Å². The van der Waals surface area contributed by atoms with Gasteiger partial charge in [0.25, 0.3) is 0 Å². The molecule has 0 nitrogen and oxygen atoms in total. The molecule has 0 saturated heterocycles. The van der Waals surface area contributed by atoms with E-state index in [2.05, 4.69) is 35.5 Å². The fraction of sp³-hybridized carbons (Fsp3) is 0. The maximum Gasteiger partial charge on any atom is 2.00 e. The van der Waals surface area contributed by atoms with Gasteiger partial charge in [0.1, 0.15) is 0 Å². The Hall–Kier alpha value is -3.60. The van der Waals surface area contributed by atoms with Crippen LogP contribution in [0.25, 0.3) is 0 Å². The molecule has 0 spiro atoms. The Morgan fingerprint density at radius 3 is 0.656 bits per heavy atom. The molecule has 0 heterocycles. The smallest absolute Gasteiger partial charge is 0.366 e. The van der Waals surface area contributed by atoms with Crippen LogP contribution in [-0.4, -0.2) is 0 Å². The van der Waals surface area contributed by atoms with Crippen LogP contribution in [0, 0.1) is 74.1 Å². The zero-order valence-electron chi connectivity index (χ0n) is 16.7. The Morgan fingerprint density at radius 2 is 0.531 bits per heavy atom. The third kappa shape index (κ3) is 11.5. The minimum absolute atomic E-state index is 0. The Kier molecular flexibility index (Phi) is 17.4. The molecular weight excluding hydrogens is 750 g/mol. The second kappa shape index (κ2) is 18.2. The molecule has 0 amide bonds. The zero-order chi connectivity index (χ0) is 22.2. The average Bonchev–Trinajstić information content (AvgIpc) is 2.85. The van der Waals surface area contributed by atoms with Gasteiger partial charge in [0.15, 0.2) is 0 Å². The molecule has 0 atom stereocenters. The molecular formula is C30H14Pt2. The standard InChI is InChI=1S/2C10H5.C10H4.2Pt/c3*1-3-9-5-7-10(4-2)8-6-9;;/h2*1,5-8H;5-8H;;/q2*-1;-2;2*+2. The van der Waals surface area contributed by atoms with E-state index in [4.69, 9.17) is 38.5 Å². The molecule has 32 heavy (non-hydrogen) atoms. The van der Waals surface area contributed by atoms with Crippen molar-refractivity contribution >= 4 is 0 Å². The maximum atomic E-state index is 6.77. The van der Waals surface area contributed by atoms with Crippen molar-refractivity contribution in [1.82, 2.24) is 0 Å². The molecule has 0 bridgehead atoms. The Morgan fingerprint density at radius 1 is 0.375 bits per heavy atom. The first kappa shape index (κ1) is 30.6. The van der Waals surface area contributed by atoms with Gasteiger partial charge in [-0.2, -0.15) is 0 Å². The summed E-state index contributed by atoms with van der Waals surface area (Å²) < 4.78 is 0. The largest absolute Gasteiger partial charge is 2.00 e. The van der Waals surface area contributed by atoms with Crippen molar-refractivity contribution in [1.29, 1.82) is 0 Å². The maximum absolute atomic E-state index is 6.77. The Balaban J connectivity index is 0. The number of hydrogen-bond acceptors (Lipinski definition) is 0. The molecule has 0 radical (unpaired) electrons. The predicted molar refractivity (Wildman–Crippen MR) is 120 cm³/mol. The molecule has 0 fully saturated rings. The molecule has 3 rings (SSSR count). The summed E-state index contributed by atoms with van der Waals surface area (Å²) in [4.78, 5) is 0. The molecule has 0 unspecified atom stereocenters. The van der Waals surface area contributed by atoms with Gasteiger partial charge in [-0.25, -0.2) is 0 Å². The predicted octanol–water partition coefficient (Wildman–Crippen LogP) is 4.77. The van der Waals surface area contributed by atoms with Crippen LogP contribution >= 0.6 is 0 Å². The van der Waals surface area contributed by atoms with E-state index in [9.17, 15) is 0 Å². The summed E-state index contributed by atoms with van der Waals surface area (Å²) in [5.41, 5.74) is 4.61. The van der Waals surface area contributed by atoms with Crippen LogP contribution in [0.5, 0.6) is 0 Å². The van der Waals surface area contributed by atoms with Crippen molar-refractivity contribution in [2.45, 2.75) is 0 Å². The Bertz CT molecular complexity index is 943. The van der Waals surface area contributed by atoms with Crippen LogP contribution in [0.1, 0.15) is 33.4 Å². The third-order valence-electron chi connectivity index (χ3n) is 3.57. The van der Waals surface area contributed by atoms with Crippen molar-refractivity contribution in [3.8, 4) is 48.4 Å². The SMILES string of the molecule is [C-]#Cc1ccc(C#C)cc1.[C-]#Cc1ccc(C#C)cc1.[C-]#Cc1ccc(C#[C-])cc1.[Pt+2].[Pt+2]. The zero-order valence-corrected chi connectivity index (χ0v) is 21.3. The molecule has 0 saturated carbocycles. The molecule has 0 aliphatic carbocycles. The summed E-state index contributed by atoms with van der Waals surface area (Å²) in [6.45, 7) is 0. The van der Waals surface area contributed by atoms with E-state index in [0.717, 1.165) is 33.4 Å². The van der Waals surface area contributed by atoms with Crippen LogP contribution in [0.3, 0.4) is 0 Å². The monoisotopic (exact) mass is 764 g/mol. The summed E-state index contributed by atoms with van der Waals surface area (Å²) in [5.74, 6) is 14.0. The van der Waals surface area contributed by atoms with Crippen molar-refractivity contribution in [3.05, 3.63) is 132 Å².